The number of hydrogen-bond donors (Lipinski definition) is 1. The summed E-state index contributed by atoms with van der Waals surface area (Å²) in [4.78, 5) is 16.0. The number of rotatable bonds is 2. The first-order valence-electron chi connectivity index (χ1n) is 5.68. The zero-order chi connectivity index (χ0) is 12.3. The minimum atomic E-state index is 0.0152. The monoisotopic (exact) mass is 248 g/mol. The quantitative estimate of drug-likeness (QED) is 0.870. The first kappa shape index (κ1) is 12.2. The molecule has 1 amide bonds. The number of benzene rings is 1. The second-order valence-electron chi connectivity index (χ2n) is 4.18. The van der Waals surface area contributed by atoms with Crippen molar-refractivity contribution < 1.29 is 4.79 Å². The normalized spacial score (nSPS) is 14.6. The van der Waals surface area contributed by atoms with E-state index in [2.05, 4.69) is 36.3 Å². The summed E-state index contributed by atoms with van der Waals surface area (Å²) < 4.78 is 0. The summed E-state index contributed by atoms with van der Waals surface area (Å²) in [5, 5.41) is 3.60. The van der Waals surface area contributed by atoms with Gasteiger partial charge in [0.05, 0.1) is 13.0 Å². The SMILES string of the molecule is Cc1ccc(CC(=O)NC2=NCCS2)cc1C. The van der Waals surface area contributed by atoms with Crippen molar-refractivity contribution in [2.45, 2.75) is 20.3 Å². The van der Waals surface area contributed by atoms with Gasteiger partial charge in [-0.05, 0) is 30.5 Å². The number of nitrogens with one attached hydrogen (secondary N) is 1. The van der Waals surface area contributed by atoms with Crippen LogP contribution in [0.5, 0.6) is 0 Å². The summed E-state index contributed by atoms with van der Waals surface area (Å²) >= 11 is 1.60. The molecule has 17 heavy (non-hydrogen) atoms. The number of aliphatic imine (C=N–C) groups is 1. The molecule has 0 radical (unpaired) electrons. The van der Waals surface area contributed by atoms with Crippen molar-refractivity contribution in [3.8, 4) is 0 Å². The van der Waals surface area contributed by atoms with E-state index in [0.29, 0.717) is 6.42 Å². The number of carbonyl (C=O) groups is 1. The standard InChI is InChI=1S/C13H16N2OS/c1-9-3-4-11(7-10(9)2)8-12(16)15-13-14-5-6-17-13/h3-4,7H,5-6,8H2,1-2H3,(H,14,15,16). The predicted octanol–water partition coefficient (Wildman–Crippen LogP) is 2.06. The lowest BCUT2D eigenvalue weighted by atomic mass is 10.0. The van der Waals surface area contributed by atoms with E-state index in [-0.39, 0.29) is 5.91 Å². The third-order valence-corrected chi connectivity index (χ3v) is 3.66. The lowest BCUT2D eigenvalue weighted by Crippen LogP contribution is -2.28. The van der Waals surface area contributed by atoms with Gasteiger partial charge in [-0.15, -0.1) is 0 Å². The smallest absolute Gasteiger partial charge is 0.230 e. The maximum Gasteiger partial charge on any atom is 0.230 e. The molecule has 1 aliphatic rings. The molecule has 1 aromatic carbocycles. The molecule has 2 rings (SSSR count). The number of carbonyl (C=O) groups excluding carboxylic acids is 1. The molecule has 0 unspecified atom stereocenters. The third kappa shape index (κ3) is 3.33. The number of nitrogens with zero attached hydrogens (tertiary/aromatic N) is 1. The Morgan fingerprint density at radius 2 is 2.24 bits per heavy atom. The fraction of sp³-hybridized carbons (Fsp3) is 0.385. The lowest BCUT2D eigenvalue weighted by Gasteiger charge is -2.06. The first-order valence-corrected chi connectivity index (χ1v) is 6.67. The molecule has 1 heterocycles. The molecule has 0 aromatic heterocycles. The highest BCUT2D eigenvalue weighted by Crippen LogP contribution is 2.12. The lowest BCUT2D eigenvalue weighted by molar-refractivity contribution is -0.119. The Labute approximate surface area is 106 Å². The highest BCUT2D eigenvalue weighted by Gasteiger charge is 2.11. The molecule has 0 saturated heterocycles. The summed E-state index contributed by atoms with van der Waals surface area (Å²) in [6.07, 6.45) is 0.417. The third-order valence-electron chi connectivity index (χ3n) is 2.77. The summed E-state index contributed by atoms with van der Waals surface area (Å²) in [6, 6.07) is 6.13. The average molecular weight is 248 g/mol. The van der Waals surface area contributed by atoms with E-state index in [0.717, 1.165) is 23.0 Å². The Hall–Kier alpha value is -1.29. The number of aryl methyl sites for hydroxylation is 2. The maximum atomic E-state index is 11.8. The highest BCUT2D eigenvalue weighted by atomic mass is 32.2. The Kier molecular flexibility index (Phi) is 3.84. The summed E-state index contributed by atoms with van der Waals surface area (Å²) in [6.45, 7) is 4.95. The Morgan fingerprint density at radius 3 is 2.88 bits per heavy atom. The second kappa shape index (κ2) is 5.36. The van der Waals surface area contributed by atoms with Crippen molar-refractivity contribution in [2.75, 3.05) is 12.3 Å². The molecule has 1 N–H and O–H groups in total. The van der Waals surface area contributed by atoms with Crippen LogP contribution in [-0.2, 0) is 11.2 Å². The fourth-order valence-electron chi connectivity index (χ4n) is 1.67. The number of hydrogen-bond acceptors (Lipinski definition) is 3. The van der Waals surface area contributed by atoms with Crippen LogP contribution >= 0.6 is 11.8 Å². The summed E-state index contributed by atoms with van der Waals surface area (Å²) in [5.74, 6) is 0.987. The molecular weight excluding hydrogens is 232 g/mol. The average Bonchev–Trinajstić information content (AvgIpc) is 2.76. The largest absolute Gasteiger partial charge is 0.305 e. The van der Waals surface area contributed by atoms with Crippen LogP contribution in [0.1, 0.15) is 16.7 Å². The highest BCUT2D eigenvalue weighted by molar-refractivity contribution is 8.14. The molecule has 3 nitrogen and oxygen atoms in total. The zero-order valence-corrected chi connectivity index (χ0v) is 10.9. The topological polar surface area (TPSA) is 41.5 Å². The molecule has 0 spiro atoms. The van der Waals surface area contributed by atoms with Gasteiger partial charge >= 0.3 is 0 Å². The Balaban J connectivity index is 1.95. The number of thioether (sulfide) groups is 1. The van der Waals surface area contributed by atoms with Crippen molar-refractivity contribution in [3.05, 3.63) is 34.9 Å². The molecular formula is C13H16N2OS. The number of amidine groups is 1. The van der Waals surface area contributed by atoms with Crippen molar-refractivity contribution in [3.63, 3.8) is 0 Å². The van der Waals surface area contributed by atoms with Gasteiger partial charge in [0.25, 0.3) is 0 Å². The van der Waals surface area contributed by atoms with Crippen molar-refractivity contribution in [1.29, 1.82) is 0 Å². The predicted molar refractivity (Wildman–Crippen MR) is 72.5 cm³/mol. The molecule has 0 aliphatic carbocycles. The summed E-state index contributed by atoms with van der Waals surface area (Å²) in [7, 11) is 0. The van der Waals surface area contributed by atoms with Gasteiger partial charge in [0.15, 0.2) is 5.17 Å². The Bertz CT molecular complexity index is 468. The molecule has 1 aliphatic heterocycles. The van der Waals surface area contributed by atoms with Crippen LogP contribution in [0, 0.1) is 13.8 Å². The maximum absolute atomic E-state index is 11.8. The van der Waals surface area contributed by atoms with Gasteiger partial charge < -0.3 is 5.32 Å². The van der Waals surface area contributed by atoms with Gasteiger partial charge in [0.1, 0.15) is 0 Å². The van der Waals surface area contributed by atoms with Crippen LogP contribution in [-0.4, -0.2) is 23.4 Å². The summed E-state index contributed by atoms with van der Waals surface area (Å²) in [5.41, 5.74) is 3.53. The van der Waals surface area contributed by atoms with Crippen LogP contribution in [0.25, 0.3) is 0 Å². The fourth-order valence-corrected chi connectivity index (χ4v) is 2.42. The van der Waals surface area contributed by atoms with Gasteiger partial charge in [-0.2, -0.15) is 0 Å². The Morgan fingerprint density at radius 1 is 1.41 bits per heavy atom. The van der Waals surface area contributed by atoms with Crippen molar-refractivity contribution in [2.24, 2.45) is 4.99 Å². The van der Waals surface area contributed by atoms with E-state index in [1.807, 2.05) is 6.07 Å². The molecule has 0 atom stereocenters. The van der Waals surface area contributed by atoms with E-state index in [1.54, 1.807) is 11.8 Å². The van der Waals surface area contributed by atoms with E-state index in [4.69, 9.17) is 0 Å². The molecule has 0 bridgehead atoms. The van der Waals surface area contributed by atoms with Crippen LogP contribution in [0.2, 0.25) is 0 Å². The van der Waals surface area contributed by atoms with Crippen molar-refractivity contribution >= 4 is 22.8 Å². The van der Waals surface area contributed by atoms with Crippen LogP contribution in [0.15, 0.2) is 23.2 Å². The van der Waals surface area contributed by atoms with E-state index < -0.39 is 0 Å². The van der Waals surface area contributed by atoms with Gasteiger partial charge in [-0.3, -0.25) is 9.79 Å². The van der Waals surface area contributed by atoms with E-state index >= 15 is 0 Å². The molecule has 90 valence electrons. The minimum Gasteiger partial charge on any atom is -0.305 e. The van der Waals surface area contributed by atoms with Gasteiger partial charge in [-0.25, -0.2) is 0 Å². The molecule has 0 fully saturated rings. The van der Waals surface area contributed by atoms with Crippen LogP contribution in [0.3, 0.4) is 0 Å². The van der Waals surface area contributed by atoms with Gasteiger partial charge in [-0.1, -0.05) is 30.0 Å². The van der Waals surface area contributed by atoms with Crippen LogP contribution < -0.4 is 5.32 Å². The van der Waals surface area contributed by atoms with E-state index in [9.17, 15) is 4.79 Å². The first-order chi connectivity index (χ1) is 8.15. The zero-order valence-electron chi connectivity index (χ0n) is 10.1. The van der Waals surface area contributed by atoms with Crippen LogP contribution in [0.4, 0.5) is 0 Å². The van der Waals surface area contributed by atoms with Gasteiger partial charge in [0, 0.05) is 5.75 Å². The molecule has 4 heteroatoms. The minimum absolute atomic E-state index is 0.0152. The number of amides is 1. The molecule has 0 saturated carbocycles. The van der Waals surface area contributed by atoms with E-state index in [1.165, 1.54) is 11.1 Å². The second-order valence-corrected chi connectivity index (χ2v) is 5.26. The van der Waals surface area contributed by atoms with Crippen molar-refractivity contribution in [1.82, 2.24) is 5.32 Å². The van der Waals surface area contributed by atoms with Gasteiger partial charge in [0.2, 0.25) is 5.91 Å². The molecule has 1 aromatic rings.